The highest BCUT2D eigenvalue weighted by Crippen LogP contribution is 2.36. The number of amides is 1. The van der Waals surface area contributed by atoms with E-state index in [0.717, 1.165) is 16.9 Å². The van der Waals surface area contributed by atoms with E-state index in [9.17, 15) is 4.79 Å². The van der Waals surface area contributed by atoms with Crippen molar-refractivity contribution in [2.75, 3.05) is 4.90 Å². The molecule has 0 unspecified atom stereocenters. The number of carbonyl (C=O) groups excluding carboxylic acids is 1. The Morgan fingerprint density at radius 2 is 1.95 bits per heavy atom. The van der Waals surface area contributed by atoms with Gasteiger partial charge in [-0.25, -0.2) is 0 Å². The second kappa shape index (κ2) is 5.74. The summed E-state index contributed by atoms with van der Waals surface area (Å²) in [5.74, 6) is -0.0561. The topological polar surface area (TPSA) is 25.2 Å². The van der Waals surface area contributed by atoms with Crippen LogP contribution in [0, 0.1) is 13.8 Å². The SMILES string of the molecule is Cc1ccc(N2C(=O)C(=Cc3cccn3C)SC2=S)cc1C. The van der Waals surface area contributed by atoms with Crippen LogP contribution in [0.5, 0.6) is 0 Å². The smallest absolute Gasteiger partial charge is 0.270 e. The van der Waals surface area contributed by atoms with Crippen molar-refractivity contribution in [2.24, 2.45) is 7.05 Å². The lowest BCUT2D eigenvalue weighted by molar-refractivity contribution is -0.113. The molecule has 1 aromatic carbocycles. The Labute approximate surface area is 139 Å². The van der Waals surface area contributed by atoms with E-state index in [1.807, 2.05) is 61.1 Å². The number of nitrogens with zero attached hydrogens (tertiary/aromatic N) is 2. The van der Waals surface area contributed by atoms with Crippen molar-refractivity contribution < 1.29 is 4.79 Å². The summed E-state index contributed by atoms with van der Waals surface area (Å²) < 4.78 is 2.55. The average Bonchev–Trinajstić information content (AvgIpc) is 2.99. The average molecular weight is 328 g/mol. The predicted molar refractivity (Wildman–Crippen MR) is 97.0 cm³/mol. The molecule has 0 atom stereocenters. The normalized spacial score (nSPS) is 16.9. The van der Waals surface area contributed by atoms with Gasteiger partial charge in [-0.05, 0) is 55.3 Å². The van der Waals surface area contributed by atoms with Gasteiger partial charge in [0.15, 0.2) is 4.32 Å². The summed E-state index contributed by atoms with van der Waals surface area (Å²) in [6.45, 7) is 4.09. The molecule has 1 aromatic heterocycles. The summed E-state index contributed by atoms with van der Waals surface area (Å²) in [6.07, 6.45) is 3.84. The van der Waals surface area contributed by atoms with Crippen LogP contribution in [0.4, 0.5) is 5.69 Å². The van der Waals surface area contributed by atoms with Crippen LogP contribution in [0.25, 0.3) is 6.08 Å². The van der Waals surface area contributed by atoms with Crippen LogP contribution in [0.1, 0.15) is 16.8 Å². The van der Waals surface area contributed by atoms with Gasteiger partial charge in [0.25, 0.3) is 5.91 Å². The molecular formula is C17H16N2OS2. The Morgan fingerprint density at radius 1 is 1.18 bits per heavy atom. The molecule has 2 heterocycles. The van der Waals surface area contributed by atoms with Crippen molar-refractivity contribution in [3.05, 3.63) is 58.3 Å². The lowest BCUT2D eigenvalue weighted by Gasteiger charge is -2.15. The van der Waals surface area contributed by atoms with E-state index >= 15 is 0 Å². The number of hydrogen-bond donors (Lipinski definition) is 0. The molecule has 0 aliphatic carbocycles. The fourth-order valence-electron chi connectivity index (χ4n) is 2.31. The van der Waals surface area contributed by atoms with Crippen LogP contribution in [0.15, 0.2) is 41.4 Å². The van der Waals surface area contributed by atoms with Crippen molar-refractivity contribution in [3.63, 3.8) is 0 Å². The van der Waals surface area contributed by atoms with Gasteiger partial charge in [0.05, 0.1) is 10.6 Å². The molecule has 3 nitrogen and oxygen atoms in total. The van der Waals surface area contributed by atoms with Crippen LogP contribution in [-0.4, -0.2) is 14.8 Å². The summed E-state index contributed by atoms with van der Waals surface area (Å²) in [7, 11) is 1.95. The van der Waals surface area contributed by atoms with Crippen LogP contribution in [0.3, 0.4) is 0 Å². The predicted octanol–water partition coefficient (Wildman–Crippen LogP) is 4.05. The second-order valence-electron chi connectivity index (χ2n) is 5.33. The summed E-state index contributed by atoms with van der Waals surface area (Å²) in [6, 6.07) is 9.90. The zero-order chi connectivity index (χ0) is 15.9. The molecule has 0 saturated carbocycles. The summed E-state index contributed by atoms with van der Waals surface area (Å²) in [5, 5.41) is 0. The van der Waals surface area contributed by atoms with Gasteiger partial charge >= 0.3 is 0 Å². The number of carbonyl (C=O) groups is 1. The first-order chi connectivity index (χ1) is 10.5. The fraction of sp³-hybridized carbons (Fsp3) is 0.176. The maximum atomic E-state index is 12.7. The van der Waals surface area contributed by atoms with Gasteiger partial charge in [-0.15, -0.1) is 0 Å². The molecule has 5 heteroatoms. The second-order valence-corrected chi connectivity index (χ2v) is 7.01. The number of anilines is 1. The molecule has 3 rings (SSSR count). The van der Waals surface area contributed by atoms with E-state index in [-0.39, 0.29) is 5.91 Å². The molecule has 0 spiro atoms. The van der Waals surface area contributed by atoms with Gasteiger partial charge in [0.1, 0.15) is 0 Å². The van der Waals surface area contributed by atoms with Gasteiger partial charge < -0.3 is 4.57 Å². The fourth-order valence-corrected chi connectivity index (χ4v) is 3.60. The number of benzene rings is 1. The monoisotopic (exact) mass is 328 g/mol. The Bertz CT molecular complexity index is 805. The quantitative estimate of drug-likeness (QED) is 0.614. The third kappa shape index (κ3) is 2.62. The third-order valence-electron chi connectivity index (χ3n) is 3.81. The van der Waals surface area contributed by atoms with Crippen molar-refractivity contribution in [3.8, 4) is 0 Å². The zero-order valence-corrected chi connectivity index (χ0v) is 14.3. The lowest BCUT2D eigenvalue weighted by Crippen LogP contribution is -2.27. The zero-order valence-electron chi connectivity index (χ0n) is 12.7. The standard InChI is InChI=1S/C17H16N2OS2/c1-11-6-7-14(9-12(11)2)19-16(20)15(22-17(19)21)10-13-5-4-8-18(13)3/h4-10H,1-3H3. The third-order valence-corrected chi connectivity index (χ3v) is 5.11. The molecule has 1 aliphatic heterocycles. The summed E-state index contributed by atoms with van der Waals surface area (Å²) in [4.78, 5) is 15.0. The van der Waals surface area contributed by atoms with E-state index < -0.39 is 0 Å². The van der Waals surface area contributed by atoms with E-state index in [4.69, 9.17) is 12.2 Å². The first-order valence-corrected chi connectivity index (χ1v) is 8.16. The highest BCUT2D eigenvalue weighted by atomic mass is 32.2. The summed E-state index contributed by atoms with van der Waals surface area (Å²) in [5.41, 5.74) is 4.17. The van der Waals surface area contributed by atoms with Crippen LogP contribution in [0.2, 0.25) is 0 Å². The molecule has 1 amide bonds. The minimum atomic E-state index is -0.0561. The number of rotatable bonds is 2. The van der Waals surface area contributed by atoms with Gasteiger partial charge in [0.2, 0.25) is 0 Å². The van der Waals surface area contributed by atoms with E-state index in [1.54, 1.807) is 4.90 Å². The molecule has 1 saturated heterocycles. The first-order valence-electron chi connectivity index (χ1n) is 6.94. The minimum absolute atomic E-state index is 0.0561. The number of aryl methyl sites for hydroxylation is 3. The Kier molecular flexibility index (Phi) is 3.93. The molecular weight excluding hydrogens is 312 g/mol. The van der Waals surface area contributed by atoms with E-state index in [0.29, 0.717) is 9.23 Å². The molecule has 1 aliphatic rings. The largest absolute Gasteiger partial charge is 0.351 e. The van der Waals surface area contributed by atoms with Crippen molar-refractivity contribution >= 4 is 46.0 Å². The molecule has 0 bridgehead atoms. The number of aromatic nitrogens is 1. The molecule has 0 N–H and O–H groups in total. The number of thioether (sulfide) groups is 1. The molecule has 2 aromatic rings. The van der Waals surface area contributed by atoms with Gasteiger partial charge in [-0.2, -0.15) is 0 Å². The first kappa shape index (κ1) is 15.1. The van der Waals surface area contributed by atoms with E-state index in [2.05, 4.69) is 6.92 Å². The Hall–Kier alpha value is -1.85. The van der Waals surface area contributed by atoms with Crippen LogP contribution in [-0.2, 0) is 11.8 Å². The highest BCUT2D eigenvalue weighted by molar-refractivity contribution is 8.27. The van der Waals surface area contributed by atoms with Gasteiger partial charge in [0, 0.05) is 18.9 Å². The Morgan fingerprint density at radius 3 is 2.59 bits per heavy atom. The van der Waals surface area contributed by atoms with Gasteiger partial charge in [-0.1, -0.05) is 30.0 Å². The van der Waals surface area contributed by atoms with E-state index in [1.165, 1.54) is 17.3 Å². The van der Waals surface area contributed by atoms with Crippen molar-refractivity contribution in [1.29, 1.82) is 0 Å². The van der Waals surface area contributed by atoms with Crippen LogP contribution >= 0.6 is 24.0 Å². The molecule has 112 valence electrons. The maximum absolute atomic E-state index is 12.7. The maximum Gasteiger partial charge on any atom is 0.270 e. The summed E-state index contributed by atoms with van der Waals surface area (Å²) >= 11 is 6.75. The molecule has 22 heavy (non-hydrogen) atoms. The van der Waals surface area contributed by atoms with Crippen molar-refractivity contribution in [1.82, 2.24) is 4.57 Å². The number of thiocarbonyl (C=S) groups is 1. The van der Waals surface area contributed by atoms with Gasteiger partial charge in [-0.3, -0.25) is 9.69 Å². The van der Waals surface area contributed by atoms with Crippen molar-refractivity contribution in [2.45, 2.75) is 13.8 Å². The highest BCUT2D eigenvalue weighted by Gasteiger charge is 2.33. The lowest BCUT2D eigenvalue weighted by atomic mass is 10.1. The Balaban J connectivity index is 1.96. The van der Waals surface area contributed by atoms with Crippen LogP contribution < -0.4 is 4.90 Å². The molecule has 0 radical (unpaired) electrons. The molecule has 1 fully saturated rings. The number of hydrogen-bond acceptors (Lipinski definition) is 3. The minimum Gasteiger partial charge on any atom is -0.351 e.